The van der Waals surface area contributed by atoms with Crippen LogP contribution in [0.1, 0.15) is 16.7 Å². The van der Waals surface area contributed by atoms with Crippen LogP contribution in [0.3, 0.4) is 0 Å². The molecule has 0 saturated carbocycles. The molecule has 0 bridgehead atoms. The zero-order valence-electron chi connectivity index (χ0n) is 13.4. The van der Waals surface area contributed by atoms with E-state index in [1.165, 1.54) is 0 Å². The third kappa shape index (κ3) is 5.69. The maximum absolute atomic E-state index is 12.2. The number of aliphatic hydroxyl groups is 1. The van der Waals surface area contributed by atoms with Crippen LogP contribution in [0, 0.1) is 13.8 Å². The predicted octanol–water partition coefficient (Wildman–Crippen LogP) is 2.66. The first-order valence-corrected chi connectivity index (χ1v) is 9.30. The molecule has 0 aliphatic heterocycles. The van der Waals surface area contributed by atoms with E-state index < -0.39 is 15.9 Å². The minimum Gasteiger partial charge on any atom is -0.491 e. The Morgan fingerprint density at radius 1 is 1.09 bits per heavy atom. The van der Waals surface area contributed by atoms with E-state index >= 15 is 0 Å². The van der Waals surface area contributed by atoms with Gasteiger partial charge in [0.05, 0.1) is 11.5 Å². The predicted molar refractivity (Wildman–Crippen MR) is 91.4 cm³/mol. The highest BCUT2D eigenvalue weighted by atomic mass is 32.2. The van der Waals surface area contributed by atoms with Gasteiger partial charge in [0.25, 0.3) is 0 Å². The van der Waals surface area contributed by atoms with Crippen molar-refractivity contribution in [3.63, 3.8) is 0 Å². The van der Waals surface area contributed by atoms with Gasteiger partial charge in [-0.15, -0.1) is 0 Å². The van der Waals surface area contributed by atoms with E-state index in [2.05, 4.69) is 0 Å². The van der Waals surface area contributed by atoms with E-state index in [-0.39, 0.29) is 18.1 Å². The third-order valence-electron chi connectivity index (χ3n) is 3.44. The minimum absolute atomic E-state index is 0.0437. The lowest BCUT2D eigenvalue weighted by Gasteiger charge is -2.14. The first-order chi connectivity index (χ1) is 10.9. The van der Waals surface area contributed by atoms with Crippen molar-refractivity contribution >= 4 is 9.84 Å². The van der Waals surface area contributed by atoms with Crippen molar-refractivity contribution in [2.75, 3.05) is 12.4 Å². The number of ether oxygens (including phenoxy) is 1. The van der Waals surface area contributed by atoms with Gasteiger partial charge >= 0.3 is 0 Å². The summed E-state index contributed by atoms with van der Waals surface area (Å²) in [5.74, 6) is 0.269. The van der Waals surface area contributed by atoms with Gasteiger partial charge in [-0.05, 0) is 31.0 Å². The van der Waals surface area contributed by atoms with Crippen LogP contribution in [0.15, 0.2) is 48.5 Å². The number of rotatable bonds is 7. The van der Waals surface area contributed by atoms with E-state index in [1.807, 2.05) is 50.2 Å². The average Bonchev–Trinajstić information content (AvgIpc) is 2.45. The molecular formula is C18H22O4S. The largest absolute Gasteiger partial charge is 0.491 e. The normalized spacial score (nSPS) is 12.8. The molecule has 1 unspecified atom stereocenters. The van der Waals surface area contributed by atoms with E-state index in [0.717, 1.165) is 16.7 Å². The molecule has 4 nitrogen and oxygen atoms in total. The Kier molecular flexibility index (Phi) is 5.80. The molecule has 5 heteroatoms. The van der Waals surface area contributed by atoms with Gasteiger partial charge in [0.1, 0.15) is 18.5 Å². The summed E-state index contributed by atoms with van der Waals surface area (Å²) in [7, 11) is -3.40. The fourth-order valence-corrected chi connectivity index (χ4v) is 3.85. The van der Waals surface area contributed by atoms with Crippen molar-refractivity contribution in [2.24, 2.45) is 0 Å². The average molecular weight is 334 g/mol. The van der Waals surface area contributed by atoms with Crippen molar-refractivity contribution in [1.82, 2.24) is 0 Å². The Bertz CT molecular complexity index is 753. The molecule has 2 aromatic carbocycles. The Morgan fingerprint density at radius 2 is 1.83 bits per heavy atom. The topological polar surface area (TPSA) is 63.6 Å². The molecule has 0 saturated heterocycles. The summed E-state index contributed by atoms with van der Waals surface area (Å²) in [5.41, 5.74) is 2.69. The zero-order chi connectivity index (χ0) is 16.9. The van der Waals surface area contributed by atoms with Crippen LogP contribution in [-0.4, -0.2) is 32.0 Å². The molecule has 0 radical (unpaired) electrons. The molecule has 0 aliphatic rings. The van der Waals surface area contributed by atoms with Crippen molar-refractivity contribution in [3.05, 3.63) is 65.2 Å². The van der Waals surface area contributed by atoms with Gasteiger partial charge in [0, 0.05) is 0 Å². The van der Waals surface area contributed by atoms with E-state index in [4.69, 9.17) is 4.74 Å². The molecule has 2 aromatic rings. The molecule has 1 N–H and O–H groups in total. The summed E-state index contributed by atoms with van der Waals surface area (Å²) < 4.78 is 29.9. The number of para-hydroxylation sites is 1. The molecule has 23 heavy (non-hydrogen) atoms. The molecule has 0 aliphatic carbocycles. The van der Waals surface area contributed by atoms with Gasteiger partial charge in [0.2, 0.25) is 0 Å². The monoisotopic (exact) mass is 334 g/mol. The smallest absolute Gasteiger partial charge is 0.157 e. The summed E-state index contributed by atoms with van der Waals surface area (Å²) in [6.07, 6.45) is -1.05. The van der Waals surface area contributed by atoms with Gasteiger partial charge in [-0.2, -0.15) is 0 Å². The molecule has 0 heterocycles. The lowest BCUT2D eigenvalue weighted by atomic mass is 10.2. The van der Waals surface area contributed by atoms with Gasteiger partial charge < -0.3 is 9.84 Å². The van der Waals surface area contributed by atoms with Gasteiger partial charge in [-0.3, -0.25) is 0 Å². The molecule has 1 atom stereocenters. The fraction of sp³-hybridized carbons (Fsp3) is 0.333. The molecule has 2 rings (SSSR count). The number of benzene rings is 2. The molecule has 0 spiro atoms. The Balaban J connectivity index is 1.91. The van der Waals surface area contributed by atoms with Gasteiger partial charge in [0.15, 0.2) is 9.84 Å². The number of sulfone groups is 1. The van der Waals surface area contributed by atoms with Crippen LogP contribution in [0.4, 0.5) is 0 Å². The van der Waals surface area contributed by atoms with Gasteiger partial charge in [-0.1, -0.05) is 48.0 Å². The van der Waals surface area contributed by atoms with Crippen molar-refractivity contribution in [3.8, 4) is 5.75 Å². The van der Waals surface area contributed by atoms with Crippen molar-refractivity contribution in [2.45, 2.75) is 25.7 Å². The highest BCUT2D eigenvalue weighted by molar-refractivity contribution is 7.90. The Hall–Kier alpha value is -1.85. The minimum atomic E-state index is -3.40. The molecule has 124 valence electrons. The maximum atomic E-state index is 12.2. The zero-order valence-corrected chi connectivity index (χ0v) is 14.2. The Labute approximate surface area is 137 Å². The SMILES string of the molecule is Cc1cccc(CS(=O)(=O)CC(O)COc2ccccc2C)c1. The first kappa shape index (κ1) is 17.5. The van der Waals surface area contributed by atoms with Crippen LogP contribution in [0.25, 0.3) is 0 Å². The first-order valence-electron chi connectivity index (χ1n) is 7.48. The van der Waals surface area contributed by atoms with Crippen LogP contribution >= 0.6 is 0 Å². The van der Waals surface area contributed by atoms with Crippen LogP contribution < -0.4 is 4.74 Å². The van der Waals surface area contributed by atoms with Crippen molar-refractivity contribution in [1.29, 1.82) is 0 Å². The van der Waals surface area contributed by atoms with Crippen LogP contribution in [0.5, 0.6) is 5.75 Å². The van der Waals surface area contributed by atoms with Crippen molar-refractivity contribution < 1.29 is 18.3 Å². The summed E-state index contributed by atoms with van der Waals surface area (Å²) in [6, 6.07) is 14.8. The number of hydrogen-bond donors (Lipinski definition) is 1. The molecule has 0 amide bonds. The number of aryl methyl sites for hydroxylation is 2. The highest BCUT2D eigenvalue weighted by Crippen LogP contribution is 2.17. The van der Waals surface area contributed by atoms with E-state index in [9.17, 15) is 13.5 Å². The second-order valence-electron chi connectivity index (χ2n) is 5.77. The highest BCUT2D eigenvalue weighted by Gasteiger charge is 2.19. The summed E-state index contributed by atoms with van der Waals surface area (Å²) >= 11 is 0. The second-order valence-corrected chi connectivity index (χ2v) is 7.88. The fourth-order valence-electron chi connectivity index (χ4n) is 2.36. The molecule has 0 aromatic heterocycles. The van der Waals surface area contributed by atoms with Crippen LogP contribution in [0.2, 0.25) is 0 Å². The standard InChI is InChI=1S/C18H22O4S/c1-14-6-5-8-16(10-14)12-23(20,21)13-17(19)11-22-18-9-4-3-7-15(18)2/h3-10,17,19H,11-13H2,1-2H3. The summed E-state index contributed by atoms with van der Waals surface area (Å²) in [6.45, 7) is 3.77. The van der Waals surface area contributed by atoms with E-state index in [1.54, 1.807) is 12.1 Å². The Morgan fingerprint density at radius 3 is 2.52 bits per heavy atom. The number of hydrogen-bond acceptors (Lipinski definition) is 4. The van der Waals surface area contributed by atoms with Gasteiger partial charge in [-0.25, -0.2) is 8.42 Å². The summed E-state index contributed by atoms with van der Waals surface area (Å²) in [4.78, 5) is 0. The lowest BCUT2D eigenvalue weighted by molar-refractivity contribution is 0.124. The third-order valence-corrected chi connectivity index (χ3v) is 5.11. The van der Waals surface area contributed by atoms with E-state index in [0.29, 0.717) is 5.75 Å². The molecular weight excluding hydrogens is 312 g/mol. The summed E-state index contributed by atoms with van der Waals surface area (Å²) in [5, 5.41) is 9.97. The quantitative estimate of drug-likeness (QED) is 0.845. The lowest BCUT2D eigenvalue weighted by Crippen LogP contribution is -2.28. The van der Waals surface area contributed by atoms with Crippen LogP contribution in [-0.2, 0) is 15.6 Å². The molecule has 0 fully saturated rings. The second kappa shape index (κ2) is 7.62. The number of aliphatic hydroxyl groups excluding tert-OH is 1. The maximum Gasteiger partial charge on any atom is 0.157 e.